The molecule has 0 bridgehead atoms. The van der Waals surface area contributed by atoms with Gasteiger partial charge in [0.15, 0.2) is 12.3 Å². The summed E-state index contributed by atoms with van der Waals surface area (Å²) in [6.07, 6.45) is 0. The van der Waals surface area contributed by atoms with Gasteiger partial charge in [-0.25, -0.2) is 9.78 Å². The van der Waals surface area contributed by atoms with Crippen LogP contribution in [0.2, 0.25) is 5.02 Å². The Bertz CT molecular complexity index is 985. The third-order valence-electron chi connectivity index (χ3n) is 4.07. The first-order valence-electron chi connectivity index (χ1n) is 8.69. The standard InChI is InChI=1S/C21H19ClN2O4/c1-13(16-9-6-10-17(22)11-16)23-18(25)12-27-21(26)19-14(2)28-20(24-19)15-7-4-3-5-8-15/h3-11,13H,12H2,1-2H3,(H,23,25)/t13-/m0/s1. The van der Waals surface area contributed by atoms with Crippen LogP contribution in [0.15, 0.2) is 59.0 Å². The van der Waals surface area contributed by atoms with Crippen molar-refractivity contribution in [2.75, 3.05) is 6.61 Å². The molecule has 0 aliphatic rings. The molecule has 0 radical (unpaired) electrons. The maximum atomic E-state index is 12.3. The first-order valence-corrected chi connectivity index (χ1v) is 9.06. The van der Waals surface area contributed by atoms with E-state index in [1.54, 1.807) is 25.1 Å². The lowest BCUT2D eigenvalue weighted by atomic mass is 10.1. The highest BCUT2D eigenvalue weighted by molar-refractivity contribution is 6.30. The average molecular weight is 399 g/mol. The fourth-order valence-electron chi connectivity index (χ4n) is 2.63. The maximum absolute atomic E-state index is 12.3. The molecule has 0 saturated carbocycles. The van der Waals surface area contributed by atoms with Gasteiger partial charge in [0.1, 0.15) is 5.76 Å². The van der Waals surface area contributed by atoms with Crippen molar-refractivity contribution < 1.29 is 18.7 Å². The van der Waals surface area contributed by atoms with E-state index in [2.05, 4.69) is 10.3 Å². The Morgan fingerprint density at radius 2 is 1.93 bits per heavy atom. The Hall–Kier alpha value is -3.12. The summed E-state index contributed by atoms with van der Waals surface area (Å²) in [5, 5.41) is 3.34. The molecule has 3 aromatic rings. The zero-order valence-electron chi connectivity index (χ0n) is 15.4. The molecular formula is C21H19ClN2O4. The van der Waals surface area contributed by atoms with E-state index < -0.39 is 18.5 Å². The van der Waals surface area contributed by atoms with Crippen molar-refractivity contribution in [1.82, 2.24) is 10.3 Å². The third kappa shape index (κ3) is 4.78. The molecule has 0 spiro atoms. The van der Waals surface area contributed by atoms with Crippen molar-refractivity contribution in [3.05, 3.63) is 76.6 Å². The van der Waals surface area contributed by atoms with E-state index in [4.69, 9.17) is 20.8 Å². The zero-order valence-corrected chi connectivity index (χ0v) is 16.2. The maximum Gasteiger partial charge on any atom is 0.361 e. The minimum absolute atomic E-state index is 0.0505. The van der Waals surface area contributed by atoms with Gasteiger partial charge in [0, 0.05) is 10.6 Å². The number of nitrogens with one attached hydrogen (secondary N) is 1. The van der Waals surface area contributed by atoms with Crippen molar-refractivity contribution in [2.45, 2.75) is 19.9 Å². The lowest BCUT2D eigenvalue weighted by Gasteiger charge is -2.14. The van der Waals surface area contributed by atoms with Crippen LogP contribution in [0.4, 0.5) is 0 Å². The zero-order chi connectivity index (χ0) is 20.1. The second kappa shape index (κ2) is 8.71. The Balaban J connectivity index is 1.58. The van der Waals surface area contributed by atoms with Gasteiger partial charge in [-0.3, -0.25) is 4.79 Å². The number of esters is 1. The van der Waals surface area contributed by atoms with Crippen LogP contribution in [0.5, 0.6) is 0 Å². The second-order valence-electron chi connectivity index (χ2n) is 6.21. The number of hydrogen-bond acceptors (Lipinski definition) is 5. The third-order valence-corrected chi connectivity index (χ3v) is 4.31. The Labute approximate surface area is 167 Å². The van der Waals surface area contributed by atoms with E-state index in [9.17, 15) is 9.59 Å². The number of amides is 1. The summed E-state index contributed by atoms with van der Waals surface area (Å²) in [5.74, 6) is -0.486. The molecule has 0 aliphatic heterocycles. The summed E-state index contributed by atoms with van der Waals surface area (Å²) in [4.78, 5) is 28.6. The van der Waals surface area contributed by atoms with E-state index in [-0.39, 0.29) is 11.7 Å². The van der Waals surface area contributed by atoms with Gasteiger partial charge in [0.25, 0.3) is 5.91 Å². The number of nitrogens with zero attached hydrogens (tertiary/aromatic N) is 1. The van der Waals surface area contributed by atoms with Gasteiger partial charge in [-0.2, -0.15) is 0 Å². The number of rotatable bonds is 6. The smallest absolute Gasteiger partial charge is 0.361 e. The fraction of sp³-hybridized carbons (Fsp3) is 0.190. The fourth-order valence-corrected chi connectivity index (χ4v) is 2.83. The van der Waals surface area contributed by atoms with Gasteiger partial charge in [-0.05, 0) is 43.7 Å². The van der Waals surface area contributed by atoms with E-state index in [1.165, 1.54) is 0 Å². The van der Waals surface area contributed by atoms with E-state index >= 15 is 0 Å². The largest absolute Gasteiger partial charge is 0.451 e. The van der Waals surface area contributed by atoms with Gasteiger partial charge in [-0.15, -0.1) is 0 Å². The second-order valence-corrected chi connectivity index (χ2v) is 6.65. The molecule has 3 rings (SSSR count). The molecule has 0 unspecified atom stereocenters. The molecule has 6 nitrogen and oxygen atoms in total. The van der Waals surface area contributed by atoms with Gasteiger partial charge in [0.2, 0.25) is 5.89 Å². The van der Waals surface area contributed by atoms with Gasteiger partial charge in [0.05, 0.1) is 6.04 Å². The minimum Gasteiger partial charge on any atom is -0.451 e. The normalized spacial score (nSPS) is 11.7. The Kier molecular flexibility index (Phi) is 6.11. The van der Waals surface area contributed by atoms with Crippen molar-refractivity contribution >= 4 is 23.5 Å². The van der Waals surface area contributed by atoms with Gasteiger partial charge in [-0.1, -0.05) is 41.9 Å². The number of aromatic nitrogens is 1. The average Bonchev–Trinajstić information content (AvgIpc) is 3.08. The molecule has 0 fully saturated rings. The monoisotopic (exact) mass is 398 g/mol. The summed E-state index contributed by atoms with van der Waals surface area (Å²) in [6, 6.07) is 16.1. The van der Waals surface area contributed by atoms with Crippen LogP contribution in [-0.2, 0) is 9.53 Å². The molecule has 0 aliphatic carbocycles. The molecule has 1 aromatic heterocycles. The van der Waals surface area contributed by atoms with Gasteiger partial charge >= 0.3 is 5.97 Å². The van der Waals surface area contributed by atoms with Crippen LogP contribution >= 0.6 is 11.6 Å². The first-order chi connectivity index (χ1) is 13.4. The molecular weight excluding hydrogens is 380 g/mol. The molecule has 1 amide bonds. The van der Waals surface area contributed by atoms with Crippen molar-refractivity contribution in [1.29, 1.82) is 0 Å². The molecule has 1 heterocycles. The first kappa shape index (κ1) is 19.6. The lowest BCUT2D eigenvalue weighted by molar-refractivity contribution is -0.124. The highest BCUT2D eigenvalue weighted by atomic mass is 35.5. The van der Waals surface area contributed by atoms with Crippen molar-refractivity contribution in [3.63, 3.8) is 0 Å². The SMILES string of the molecule is Cc1oc(-c2ccccc2)nc1C(=O)OCC(=O)N[C@@H](C)c1cccc(Cl)c1. The van der Waals surface area contributed by atoms with Crippen LogP contribution in [0.3, 0.4) is 0 Å². The number of ether oxygens (including phenoxy) is 1. The highest BCUT2D eigenvalue weighted by Crippen LogP contribution is 2.22. The van der Waals surface area contributed by atoms with E-state index in [1.807, 2.05) is 43.3 Å². The summed E-state index contributed by atoms with van der Waals surface area (Å²) in [7, 11) is 0. The summed E-state index contributed by atoms with van der Waals surface area (Å²) in [6.45, 7) is 3.02. The molecule has 0 saturated heterocycles. The number of oxazole rings is 1. The van der Waals surface area contributed by atoms with Crippen LogP contribution in [0, 0.1) is 6.92 Å². The minimum atomic E-state index is -0.714. The molecule has 1 atom stereocenters. The quantitative estimate of drug-likeness (QED) is 0.625. The number of hydrogen-bond donors (Lipinski definition) is 1. The summed E-state index contributed by atoms with van der Waals surface area (Å²) < 4.78 is 10.6. The Morgan fingerprint density at radius 3 is 2.64 bits per heavy atom. The number of carbonyl (C=O) groups is 2. The van der Waals surface area contributed by atoms with Crippen molar-refractivity contribution in [3.8, 4) is 11.5 Å². The lowest BCUT2D eigenvalue weighted by Crippen LogP contribution is -2.31. The number of aryl methyl sites for hydroxylation is 1. The van der Waals surface area contributed by atoms with E-state index in [0.717, 1.165) is 11.1 Å². The van der Waals surface area contributed by atoms with Crippen LogP contribution < -0.4 is 5.32 Å². The molecule has 28 heavy (non-hydrogen) atoms. The van der Waals surface area contributed by atoms with Crippen molar-refractivity contribution in [2.24, 2.45) is 0 Å². The summed E-state index contributed by atoms with van der Waals surface area (Å²) in [5.41, 5.74) is 1.65. The molecule has 2 aromatic carbocycles. The number of halogens is 1. The predicted octanol–water partition coefficient (Wildman–Crippen LogP) is 4.34. The van der Waals surface area contributed by atoms with Crippen LogP contribution in [-0.4, -0.2) is 23.5 Å². The predicted molar refractivity (Wildman–Crippen MR) is 105 cm³/mol. The van der Waals surface area contributed by atoms with Crippen LogP contribution in [0.1, 0.15) is 34.8 Å². The summed E-state index contributed by atoms with van der Waals surface area (Å²) >= 11 is 5.96. The Morgan fingerprint density at radius 1 is 1.18 bits per heavy atom. The number of benzene rings is 2. The topological polar surface area (TPSA) is 81.4 Å². The molecule has 1 N–H and O–H groups in total. The van der Waals surface area contributed by atoms with E-state index in [0.29, 0.717) is 16.7 Å². The van der Waals surface area contributed by atoms with Crippen LogP contribution in [0.25, 0.3) is 11.5 Å². The highest BCUT2D eigenvalue weighted by Gasteiger charge is 2.21. The number of carbonyl (C=O) groups excluding carboxylic acids is 2. The van der Waals surface area contributed by atoms with Gasteiger partial charge < -0.3 is 14.5 Å². The molecule has 7 heteroatoms. The molecule has 144 valence electrons.